The van der Waals surface area contributed by atoms with Crippen LogP contribution in [0.2, 0.25) is 0 Å². The van der Waals surface area contributed by atoms with Crippen LogP contribution in [0.15, 0.2) is 24.3 Å². The molecule has 0 aliphatic carbocycles. The highest BCUT2D eigenvalue weighted by Crippen LogP contribution is 2.42. The number of carbonyl (C=O) groups is 2. The van der Waals surface area contributed by atoms with Crippen molar-refractivity contribution in [2.24, 2.45) is 5.92 Å². The number of hydrogen-bond donors (Lipinski definition) is 2. The number of aromatic hydroxyl groups is 1. The maximum Gasteiger partial charge on any atom is 0.326 e. The van der Waals surface area contributed by atoms with Gasteiger partial charge in [0.05, 0.1) is 24.7 Å². The van der Waals surface area contributed by atoms with Gasteiger partial charge in [-0.1, -0.05) is 18.2 Å². The molecule has 1 aromatic carbocycles. The summed E-state index contributed by atoms with van der Waals surface area (Å²) in [5.41, 5.74) is -0.453. The lowest BCUT2D eigenvalue weighted by Gasteiger charge is -2.25. The second-order valence-electron chi connectivity index (χ2n) is 6.53. The quantitative estimate of drug-likeness (QED) is 0.803. The predicted molar refractivity (Wildman–Crippen MR) is 88.4 cm³/mol. The summed E-state index contributed by atoms with van der Waals surface area (Å²) in [6.45, 7) is 7.26. The molecule has 2 N–H and O–H groups in total. The van der Waals surface area contributed by atoms with E-state index in [1.54, 1.807) is 52.0 Å². The van der Waals surface area contributed by atoms with Gasteiger partial charge >= 0.3 is 11.9 Å². The summed E-state index contributed by atoms with van der Waals surface area (Å²) in [6.07, 6.45) is -0.00234. The van der Waals surface area contributed by atoms with E-state index in [2.05, 4.69) is 5.32 Å². The van der Waals surface area contributed by atoms with Gasteiger partial charge in [0, 0.05) is 5.56 Å². The molecule has 1 unspecified atom stereocenters. The molecule has 1 aromatic rings. The van der Waals surface area contributed by atoms with Crippen LogP contribution >= 0.6 is 0 Å². The first-order chi connectivity index (χ1) is 11.3. The van der Waals surface area contributed by atoms with Crippen molar-refractivity contribution in [3.8, 4) is 5.75 Å². The van der Waals surface area contributed by atoms with E-state index in [0.717, 1.165) is 0 Å². The second kappa shape index (κ2) is 7.21. The number of phenolic OH excluding ortho intramolecular Hbond substituents is 1. The summed E-state index contributed by atoms with van der Waals surface area (Å²) >= 11 is 0. The number of para-hydroxylation sites is 1. The average molecular weight is 335 g/mol. The summed E-state index contributed by atoms with van der Waals surface area (Å²) in [7, 11) is 0. The molecule has 0 saturated carbocycles. The van der Waals surface area contributed by atoms with Crippen molar-refractivity contribution in [1.82, 2.24) is 5.32 Å². The first-order valence-electron chi connectivity index (χ1n) is 8.21. The second-order valence-corrected chi connectivity index (χ2v) is 6.53. The number of rotatable bonds is 5. The van der Waals surface area contributed by atoms with E-state index in [9.17, 15) is 14.7 Å². The molecular weight excluding hydrogens is 310 g/mol. The van der Waals surface area contributed by atoms with Crippen LogP contribution in [0.3, 0.4) is 0 Å². The lowest BCUT2D eigenvalue weighted by molar-refractivity contribution is -0.154. The molecule has 1 saturated heterocycles. The van der Waals surface area contributed by atoms with Gasteiger partial charge in [0.2, 0.25) is 0 Å². The number of benzene rings is 1. The lowest BCUT2D eigenvalue weighted by atomic mass is 9.90. The third-order valence-corrected chi connectivity index (χ3v) is 4.16. The van der Waals surface area contributed by atoms with Crippen LogP contribution in [-0.2, 0) is 19.1 Å². The topological polar surface area (TPSA) is 84.9 Å². The smallest absolute Gasteiger partial charge is 0.326 e. The summed E-state index contributed by atoms with van der Waals surface area (Å²) < 4.78 is 10.5. The maximum atomic E-state index is 12.5. The molecule has 1 heterocycles. The van der Waals surface area contributed by atoms with Crippen LogP contribution < -0.4 is 5.32 Å². The zero-order valence-electron chi connectivity index (χ0n) is 14.5. The maximum absolute atomic E-state index is 12.5. The summed E-state index contributed by atoms with van der Waals surface area (Å²) in [5, 5.41) is 13.3. The molecule has 1 aliphatic rings. The van der Waals surface area contributed by atoms with Gasteiger partial charge in [0.1, 0.15) is 11.3 Å². The van der Waals surface area contributed by atoms with E-state index in [1.165, 1.54) is 0 Å². The van der Waals surface area contributed by atoms with Crippen molar-refractivity contribution < 1.29 is 24.2 Å². The number of phenols is 1. The van der Waals surface area contributed by atoms with Crippen molar-refractivity contribution in [3.63, 3.8) is 0 Å². The fourth-order valence-electron chi connectivity index (χ4n) is 3.06. The minimum absolute atomic E-state index is 0.0748. The summed E-state index contributed by atoms with van der Waals surface area (Å²) in [4.78, 5) is 24.8. The van der Waals surface area contributed by atoms with Gasteiger partial charge in [-0.15, -0.1) is 0 Å². The Balaban J connectivity index is 2.34. The number of ether oxygens (including phenoxy) is 2. The van der Waals surface area contributed by atoms with Gasteiger partial charge < -0.3 is 14.6 Å². The highest BCUT2D eigenvalue weighted by molar-refractivity contribution is 5.84. The van der Waals surface area contributed by atoms with Crippen LogP contribution in [-0.4, -0.2) is 35.3 Å². The molecule has 6 nitrogen and oxygen atoms in total. The fourth-order valence-corrected chi connectivity index (χ4v) is 3.06. The molecule has 0 amide bonds. The molecule has 6 heteroatoms. The Morgan fingerprint density at radius 2 is 2.04 bits per heavy atom. The Bertz CT molecular complexity index is 615. The predicted octanol–water partition coefficient (Wildman–Crippen LogP) is 2.32. The minimum Gasteiger partial charge on any atom is -0.508 e. The highest BCUT2D eigenvalue weighted by Gasteiger charge is 2.51. The summed E-state index contributed by atoms with van der Waals surface area (Å²) in [5.74, 6) is -1.31. The third kappa shape index (κ3) is 3.70. The minimum atomic E-state index is -1.02. The largest absolute Gasteiger partial charge is 0.508 e. The van der Waals surface area contributed by atoms with Crippen LogP contribution in [0.25, 0.3) is 0 Å². The molecular formula is C18H25NO5. The van der Waals surface area contributed by atoms with E-state index >= 15 is 0 Å². The van der Waals surface area contributed by atoms with Gasteiger partial charge in [-0.25, -0.2) is 0 Å². The van der Waals surface area contributed by atoms with Crippen LogP contribution in [0.1, 0.15) is 45.7 Å². The zero-order chi connectivity index (χ0) is 17.9. The van der Waals surface area contributed by atoms with Gasteiger partial charge in [-0.3, -0.25) is 14.9 Å². The van der Waals surface area contributed by atoms with E-state index < -0.39 is 23.5 Å². The van der Waals surface area contributed by atoms with Gasteiger partial charge in [0.25, 0.3) is 0 Å². The molecule has 132 valence electrons. The van der Waals surface area contributed by atoms with Crippen LogP contribution in [0.5, 0.6) is 5.75 Å². The van der Waals surface area contributed by atoms with Crippen molar-refractivity contribution >= 4 is 11.9 Å². The van der Waals surface area contributed by atoms with Gasteiger partial charge in [0.15, 0.2) is 0 Å². The number of hydrogen-bond acceptors (Lipinski definition) is 6. The Labute approximate surface area is 142 Å². The normalized spacial score (nSPS) is 26.4. The van der Waals surface area contributed by atoms with Crippen molar-refractivity contribution in [3.05, 3.63) is 29.8 Å². The average Bonchev–Trinajstić information content (AvgIpc) is 2.87. The number of esters is 2. The molecule has 0 radical (unpaired) electrons. The van der Waals surface area contributed by atoms with Crippen molar-refractivity contribution in [2.45, 2.75) is 51.8 Å². The lowest BCUT2D eigenvalue weighted by Crippen LogP contribution is -2.47. The molecule has 0 aromatic heterocycles. The Kier molecular flexibility index (Phi) is 5.49. The highest BCUT2D eigenvalue weighted by atomic mass is 16.5. The number of carbonyl (C=O) groups excluding carboxylic acids is 2. The van der Waals surface area contributed by atoms with E-state index in [0.29, 0.717) is 5.56 Å². The molecule has 2 rings (SSSR count). The molecule has 0 spiro atoms. The SMILES string of the molecule is CCOC(=O)[C@@H]1CC(C)(C(=O)OC(C)C)N[C@@H]1c1ccccc1O. The van der Waals surface area contributed by atoms with Gasteiger partial charge in [-0.05, 0) is 40.2 Å². The van der Waals surface area contributed by atoms with E-state index in [4.69, 9.17) is 9.47 Å². The molecule has 1 aliphatic heterocycles. The molecule has 24 heavy (non-hydrogen) atoms. The van der Waals surface area contributed by atoms with E-state index in [-0.39, 0.29) is 30.9 Å². The standard InChI is InChI=1S/C18H25NO5/c1-5-23-16(21)13-10-18(4,17(22)24-11(2)3)19-15(13)12-8-6-7-9-14(12)20/h6-9,11,13,15,19-20H,5,10H2,1-4H3/t13-,15-,18?/m1/s1. The first-order valence-corrected chi connectivity index (χ1v) is 8.21. The third-order valence-electron chi connectivity index (χ3n) is 4.16. The first kappa shape index (κ1) is 18.3. The van der Waals surface area contributed by atoms with Crippen LogP contribution in [0.4, 0.5) is 0 Å². The monoisotopic (exact) mass is 335 g/mol. The summed E-state index contributed by atoms with van der Waals surface area (Å²) in [6, 6.07) is 6.26. The Morgan fingerprint density at radius 3 is 2.62 bits per heavy atom. The number of nitrogens with one attached hydrogen (secondary N) is 1. The molecule has 1 fully saturated rings. The zero-order valence-corrected chi connectivity index (χ0v) is 14.5. The van der Waals surface area contributed by atoms with Crippen molar-refractivity contribution in [2.75, 3.05) is 6.61 Å². The molecule has 3 atom stereocenters. The van der Waals surface area contributed by atoms with Crippen molar-refractivity contribution in [1.29, 1.82) is 0 Å². The van der Waals surface area contributed by atoms with Crippen LogP contribution in [0, 0.1) is 5.92 Å². The Hall–Kier alpha value is -2.08. The van der Waals surface area contributed by atoms with E-state index in [1.807, 2.05) is 0 Å². The molecule has 0 bridgehead atoms. The Morgan fingerprint density at radius 1 is 1.38 bits per heavy atom. The fraction of sp³-hybridized carbons (Fsp3) is 0.556. The van der Waals surface area contributed by atoms with Gasteiger partial charge in [-0.2, -0.15) is 0 Å².